The molecule has 0 spiro atoms. The van der Waals surface area contributed by atoms with Crippen molar-refractivity contribution in [3.05, 3.63) is 10.5 Å². The molecule has 1 radical (unpaired) electrons. The summed E-state index contributed by atoms with van der Waals surface area (Å²) in [4.78, 5) is 0. The molecule has 1 heterocycles. The predicted molar refractivity (Wildman–Crippen MR) is 32.7 cm³/mol. The van der Waals surface area contributed by atoms with Gasteiger partial charge in [0, 0.05) is 6.42 Å². The second-order valence-electron chi connectivity index (χ2n) is 1.54. The van der Waals surface area contributed by atoms with Crippen LogP contribution in [-0.2, 0) is 6.42 Å². The first-order chi connectivity index (χ1) is 3.93. The van der Waals surface area contributed by atoms with Crippen LogP contribution in [0.2, 0.25) is 0 Å². The van der Waals surface area contributed by atoms with E-state index in [2.05, 4.69) is 22.6 Å². The second-order valence-corrected chi connectivity index (χ2v) is 2.40. The lowest BCUT2D eigenvalue weighted by Gasteiger charge is -1.82. The molecule has 0 atom stereocenters. The van der Waals surface area contributed by atoms with E-state index in [0.717, 1.165) is 17.8 Å². The molecule has 0 N–H and O–H groups in total. The van der Waals surface area contributed by atoms with Crippen LogP contribution in [0.25, 0.3) is 0 Å². The molecule has 0 amide bonds. The molecule has 43 valence electrons. The van der Waals surface area contributed by atoms with Gasteiger partial charge in [-0.05, 0) is 6.42 Å². The largest absolute Gasteiger partial charge is 0.178 e. The van der Waals surface area contributed by atoms with Crippen LogP contribution in [0.4, 0.5) is 0 Å². The Bertz CT molecular complexity index is 136. The van der Waals surface area contributed by atoms with Crippen LogP contribution in [0.15, 0.2) is 0 Å². The molecule has 0 bridgehead atoms. The van der Waals surface area contributed by atoms with Gasteiger partial charge in [-0.25, -0.2) is 0 Å². The van der Waals surface area contributed by atoms with Gasteiger partial charge in [-0.2, -0.15) is 0 Å². The minimum atomic E-state index is 1.04. The lowest BCUT2D eigenvalue weighted by atomic mass is 10.4. The summed E-state index contributed by atoms with van der Waals surface area (Å²) in [5, 5.41) is 8.49. The number of hydrogen-bond donors (Lipinski definition) is 0. The van der Waals surface area contributed by atoms with Gasteiger partial charge in [-0.1, -0.05) is 18.3 Å². The Morgan fingerprint density at radius 2 is 2.62 bits per heavy atom. The highest BCUT2D eigenvalue weighted by atomic mass is 32.1. The molecule has 0 unspecified atom stereocenters. The van der Waals surface area contributed by atoms with Gasteiger partial charge in [-0.3, -0.25) is 0 Å². The molecule has 0 aromatic carbocycles. The van der Waals surface area contributed by atoms with Crippen LogP contribution in [0.3, 0.4) is 0 Å². The van der Waals surface area contributed by atoms with Gasteiger partial charge < -0.3 is 0 Å². The highest BCUT2D eigenvalue weighted by Crippen LogP contribution is 2.02. The Morgan fingerprint density at radius 3 is 3.12 bits per heavy atom. The highest BCUT2D eigenvalue weighted by Gasteiger charge is 1.91. The first-order valence-corrected chi connectivity index (χ1v) is 3.43. The summed E-state index contributed by atoms with van der Waals surface area (Å²) in [7, 11) is 0. The quantitative estimate of drug-likeness (QED) is 0.598. The summed E-state index contributed by atoms with van der Waals surface area (Å²) in [5.41, 5.74) is 2.70. The third-order valence-electron chi connectivity index (χ3n) is 0.830. The highest BCUT2D eigenvalue weighted by molar-refractivity contribution is 7.08. The third kappa shape index (κ3) is 1.26. The Labute approximate surface area is 52.6 Å². The zero-order valence-electron chi connectivity index (χ0n) is 4.72. The van der Waals surface area contributed by atoms with E-state index in [-0.39, 0.29) is 0 Å². The van der Waals surface area contributed by atoms with Crippen molar-refractivity contribution in [1.82, 2.24) is 10.2 Å². The molecular weight excluding hydrogens is 120 g/mol. The van der Waals surface area contributed by atoms with Crippen LogP contribution in [0.1, 0.15) is 18.4 Å². The Balaban J connectivity index is 2.50. The summed E-state index contributed by atoms with van der Waals surface area (Å²) >= 11 is 1.50. The van der Waals surface area contributed by atoms with Gasteiger partial charge in [0.25, 0.3) is 0 Å². The Kier molecular flexibility index (Phi) is 1.97. The number of aryl methyl sites for hydroxylation is 1. The summed E-state index contributed by atoms with van der Waals surface area (Å²) < 4.78 is 0. The van der Waals surface area contributed by atoms with Crippen LogP contribution in [0, 0.1) is 5.51 Å². The minimum Gasteiger partial charge on any atom is -0.143 e. The average Bonchev–Trinajstić information content (AvgIpc) is 2.19. The molecule has 0 aliphatic rings. The maximum absolute atomic E-state index is 3.82. The zero-order valence-corrected chi connectivity index (χ0v) is 5.53. The smallest absolute Gasteiger partial charge is 0.143 e. The van der Waals surface area contributed by atoms with Gasteiger partial charge in [0.1, 0.15) is 5.01 Å². The molecule has 0 saturated heterocycles. The number of nitrogens with zero attached hydrogens (tertiary/aromatic N) is 2. The first kappa shape index (κ1) is 5.69. The van der Waals surface area contributed by atoms with Gasteiger partial charge in [-0.15, -0.1) is 10.2 Å². The van der Waals surface area contributed by atoms with Crippen LogP contribution in [-0.4, -0.2) is 10.2 Å². The molecule has 0 saturated carbocycles. The molecule has 2 nitrogen and oxygen atoms in total. The van der Waals surface area contributed by atoms with E-state index in [0.29, 0.717) is 0 Å². The second kappa shape index (κ2) is 2.77. The monoisotopic (exact) mass is 127 g/mol. The van der Waals surface area contributed by atoms with Crippen molar-refractivity contribution in [3.63, 3.8) is 0 Å². The summed E-state index contributed by atoms with van der Waals surface area (Å²) in [6, 6.07) is 0. The van der Waals surface area contributed by atoms with E-state index >= 15 is 0 Å². The van der Waals surface area contributed by atoms with E-state index in [1.54, 1.807) is 0 Å². The van der Waals surface area contributed by atoms with E-state index in [4.69, 9.17) is 0 Å². The summed E-state index contributed by atoms with van der Waals surface area (Å²) in [5.74, 6) is 0. The van der Waals surface area contributed by atoms with Gasteiger partial charge >= 0.3 is 0 Å². The van der Waals surface area contributed by atoms with Gasteiger partial charge in [0.15, 0.2) is 5.51 Å². The molecule has 1 aromatic heterocycles. The third-order valence-corrected chi connectivity index (χ3v) is 1.52. The van der Waals surface area contributed by atoms with E-state index < -0.39 is 0 Å². The maximum Gasteiger partial charge on any atom is 0.178 e. The molecule has 0 fully saturated rings. The van der Waals surface area contributed by atoms with Crippen molar-refractivity contribution in [2.75, 3.05) is 0 Å². The maximum atomic E-state index is 3.82. The predicted octanol–water partition coefficient (Wildman–Crippen LogP) is 1.29. The van der Waals surface area contributed by atoms with Crippen LogP contribution in [0.5, 0.6) is 0 Å². The molecule has 1 aromatic rings. The molecule has 0 aliphatic heterocycles. The lowest BCUT2D eigenvalue weighted by Crippen LogP contribution is -1.79. The Hall–Kier alpha value is -0.440. The molecular formula is C5H7N2S. The lowest BCUT2D eigenvalue weighted by molar-refractivity contribution is 0.877. The van der Waals surface area contributed by atoms with E-state index in [9.17, 15) is 0 Å². The average molecular weight is 127 g/mol. The van der Waals surface area contributed by atoms with Crippen LogP contribution < -0.4 is 0 Å². The van der Waals surface area contributed by atoms with Crippen molar-refractivity contribution in [2.45, 2.75) is 19.8 Å². The van der Waals surface area contributed by atoms with Crippen molar-refractivity contribution in [1.29, 1.82) is 0 Å². The fourth-order valence-electron chi connectivity index (χ4n) is 0.485. The fraction of sp³-hybridized carbons (Fsp3) is 0.600. The molecule has 8 heavy (non-hydrogen) atoms. The Morgan fingerprint density at radius 1 is 1.75 bits per heavy atom. The SMILES string of the molecule is CCCc1nn[c]s1. The molecule has 1 rings (SSSR count). The van der Waals surface area contributed by atoms with Crippen molar-refractivity contribution >= 4 is 11.3 Å². The van der Waals surface area contributed by atoms with Crippen molar-refractivity contribution in [3.8, 4) is 0 Å². The fourth-order valence-corrected chi connectivity index (χ4v) is 1.06. The molecule has 3 heteroatoms. The van der Waals surface area contributed by atoms with Crippen molar-refractivity contribution in [2.24, 2.45) is 0 Å². The summed E-state index contributed by atoms with van der Waals surface area (Å²) in [6.07, 6.45) is 2.18. The number of rotatable bonds is 2. The molecule has 0 aliphatic carbocycles. The number of hydrogen-bond acceptors (Lipinski definition) is 3. The zero-order chi connectivity index (χ0) is 5.82. The minimum absolute atomic E-state index is 1.04. The number of aromatic nitrogens is 2. The standard InChI is InChI=1S/C5H7N2S/c1-2-3-5-7-6-4-8-5/h2-3H2,1H3. The normalized spacial score (nSPS) is 9.62. The first-order valence-electron chi connectivity index (χ1n) is 2.62. The van der Waals surface area contributed by atoms with E-state index in [1.165, 1.54) is 11.3 Å². The van der Waals surface area contributed by atoms with Gasteiger partial charge in [0.05, 0.1) is 0 Å². The van der Waals surface area contributed by atoms with Crippen molar-refractivity contribution < 1.29 is 0 Å². The van der Waals surface area contributed by atoms with Gasteiger partial charge in [0.2, 0.25) is 0 Å². The summed E-state index contributed by atoms with van der Waals surface area (Å²) in [6.45, 7) is 2.13. The van der Waals surface area contributed by atoms with E-state index in [1.807, 2.05) is 0 Å². The topological polar surface area (TPSA) is 25.8 Å². The van der Waals surface area contributed by atoms with Crippen LogP contribution >= 0.6 is 11.3 Å².